The Morgan fingerprint density at radius 1 is 0.973 bits per heavy atom. The maximum atomic E-state index is 14.9. The van der Waals surface area contributed by atoms with E-state index in [0.717, 1.165) is 12.8 Å². The Kier molecular flexibility index (Phi) is 20.9. The second kappa shape index (κ2) is 25.7. The van der Waals surface area contributed by atoms with Crippen molar-refractivity contribution in [3.8, 4) is 0 Å². The number of carbonyl (C=O) groups is 2. The minimum absolute atomic E-state index is 0.0300. The van der Waals surface area contributed by atoms with Crippen LogP contribution in [0.4, 0.5) is 4.39 Å². The van der Waals surface area contributed by atoms with Crippen molar-refractivity contribution in [2.75, 3.05) is 48.1 Å². The third kappa shape index (κ3) is 14.7. The van der Waals surface area contributed by atoms with Gasteiger partial charge in [0.05, 0.1) is 47.2 Å². The number of rotatable bonds is 17. The lowest BCUT2D eigenvalue weighted by Crippen LogP contribution is -2.59. The van der Waals surface area contributed by atoms with E-state index in [1.54, 1.807) is 65.1 Å². The maximum absolute atomic E-state index is 14.9. The van der Waals surface area contributed by atoms with E-state index < -0.39 is 109 Å². The summed E-state index contributed by atoms with van der Waals surface area (Å²) in [5.74, 6) is -2.72. The van der Waals surface area contributed by atoms with Crippen LogP contribution in [0.5, 0.6) is 0 Å². The topological polar surface area (TPSA) is 229 Å². The number of hydrogen-bond donors (Lipinski definition) is 5. The number of aliphatic hydroxyl groups is 4. The van der Waals surface area contributed by atoms with E-state index in [1.165, 1.54) is 25.8 Å². The maximum Gasteiger partial charge on any atom is 0.311 e. The molecule has 3 aliphatic heterocycles. The summed E-state index contributed by atoms with van der Waals surface area (Å²) < 4.78 is 60.9. The molecule has 4 aliphatic rings. The van der Waals surface area contributed by atoms with Crippen LogP contribution in [-0.4, -0.2) is 195 Å². The van der Waals surface area contributed by atoms with Crippen LogP contribution in [0.25, 0.3) is 0 Å². The normalized spacial score (nSPS) is 38.8. The van der Waals surface area contributed by atoms with E-state index in [4.69, 9.17) is 33.2 Å². The van der Waals surface area contributed by atoms with Gasteiger partial charge in [-0.25, -0.2) is 9.07 Å². The van der Waals surface area contributed by atoms with Crippen molar-refractivity contribution < 1.29 is 67.6 Å². The number of cyclic esters (lactones) is 1. The second-order valence-corrected chi connectivity index (χ2v) is 23.3. The summed E-state index contributed by atoms with van der Waals surface area (Å²) in [7, 11) is 6.92. The zero-order chi connectivity index (χ0) is 55.3. The molecule has 1 aliphatic carbocycles. The summed E-state index contributed by atoms with van der Waals surface area (Å²) in [5, 5.41) is 59.3. The number of hydrogen-bond acceptors (Lipinski definition) is 17. The number of esters is 1. The molecule has 2 aromatic rings. The van der Waals surface area contributed by atoms with Gasteiger partial charge >= 0.3 is 5.97 Å². The molecule has 1 aromatic heterocycles. The van der Waals surface area contributed by atoms with Crippen LogP contribution in [0.3, 0.4) is 0 Å². The van der Waals surface area contributed by atoms with Crippen LogP contribution >= 0.6 is 0 Å². The molecule has 1 amide bonds. The molecule has 0 unspecified atom stereocenters. The van der Waals surface area contributed by atoms with E-state index in [2.05, 4.69) is 20.5 Å². The first-order valence-corrected chi connectivity index (χ1v) is 27.3. The highest BCUT2D eigenvalue weighted by atomic mass is 19.1. The fourth-order valence-corrected chi connectivity index (χ4v) is 11.8. The number of nitrogens with one attached hydrogen (secondary N) is 1. The van der Waals surface area contributed by atoms with Crippen molar-refractivity contribution in [3.63, 3.8) is 0 Å². The minimum Gasteiger partial charge on any atom is -0.459 e. The van der Waals surface area contributed by atoms with Gasteiger partial charge in [0, 0.05) is 82.4 Å². The third-order valence-corrected chi connectivity index (χ3v) is 16.8. The van der Waals surface area contributed by atoms with E-state index in [-0.39, 0.29) is 49.3 Å². The highest BCUT2D eigenvalue weighted by Crippen LogP contribution is 2.41. The van der Waals surface area contributed by atoms with Gasteiger partial charge in [-0.05, 0) is 118 Å². The lowest BCUT2D eigenvalue weighted by molar-refractivity contribution is -0.308. The number of halogens is 1. The van der Waals surface area contributed by atoms with Crippen LogP contribution in [-0.2, 0) is 44.4 Å². The molecule has 0 radical (unpaired) electrons. The number of ether oxygens (including phenoxy) is 7. The fourth-order valence-electron chi connectivity index (χ4n) is 11.8. The summed E-state index contributed by atoms with van der Waals surface area (Å²) in [6.45, 7) is 18.1. The van der Waals surface area contributed by atoms with Crippen molar-refractivity contribution >= 4 is 11.9 Å². The molecule has 5 N–H and O–H groups in total. The smallest absolute Gasteiger partial charge is 0.311 e. The molecule has 3 saturated heterocycles. The van der Waals surface area contributed by atoms with E-state index in [9.17, 15) is 34.4 Å². The number of benzene rings is 1. The van der Waals surface area contributed by atoms with E-state index >= 15 is 0 Å². The average molecular weight is 1060 g/mol. The average Bonchev–Trinajstić information content (AvgIpc) is 4.07. The third-order valence-electron chi connectivity index (χ3n) is 16.8. The van der Waals surface area contributed by atoms with Crippen molar-refractivity contribution in [1.82, 2.24) is 30.1 Å². The number of aromatic nitrogens is 3. The number of nitrogens with zero attached hydrogens (tertiary/aromatic N) is 5. The summed E-state index contributed by atoms with van der Waals surface area (Å²) >= 11 is 0. The van der Waals surface area contributed by atoms with Crippen LogP contribution in [0.2, 0.25) is 0 Å². The monoisotopic (exact) mass is 1060 g/mol. The minimum atomic E-state index is -1.83. The molecule has 0 bridgehead atoms. The highest BCUT2D eigenvalue weighted by Gasteiger charge is 2.52. The predicted molar refractivity (Wildman–Crippen MR) is 277 cm³/mol. The molecular weight excluding hydrogens is 972 g/mol. The molecule has 75 heavy (non-hydrogen) atoms. The number of amides is 1. The molecule has 0 spiro atoms. The summed E-state index contributed by atoms with van der Waals surface area (Å²) in [5.41, 5.74) is -2.51. The largest absolute Gasteiger partial charge is 0.459 e. The van der Waals surface area contributed by atoms with Crippen molar-refractivity contribution in [2.24, 2.45) is 17.8 Å². The van der Waals surface area contributed by atoms with Crippen LogP contribution in [0.15, 0.2) is 30.5 Å². The zero-order valence-electron chi connectivity index (χ0n) is 47.1. The first-order valence-electron chi connectivity index (χ1n) is 27.3. The Bertz CT molecular complexity index is 2130. The SMILES string of the molecule is CC[C@H]1OC(=O)[C@H](C)[C@@H](O[C@H]2C[C@@](C)(OC)[C@@H](O)[C@H](C)O2)[C@H](C)[C@@H](O[C@H]2C[C@@H](N(C)CCc3cn([C@H](CF)[C@H](OC)c4ccc(C(=O)NC5CC5)cc4)nn3)C[C@@H](C)O2)[C@](C)(O)C[C@@H](C)CN(C)[C@H](C)[C@@H](O)[C@]1(C)O. The Balaban J connectivity index is 1.22. The van der Waals surface area contributed by atoms with Gasteiger partial charge in [-0.1, -0.05) is 38.1 Å². The predicted octanol–water partition coefficient (Wildman–Crippen LogP) is 4.92. The highest BCUT2D eigenvalue weighted by molar-refractivity contribution is 5.94. The van der Waals surface area contributed by atoms with Crippen molar-refractivity contribution in [2.45, 2.75) is 223 Å². The molecule has 1 saturated carbocycles. The van der Waals surface area contributed by atoms with Gasteiger partial charge in [-0.3, -0.25) is 9.59 Å². The Morgan fingerprint density at radius 2 is 1.65 bits per heavy atom. The molecule has 19 atom stereocenters. The van der Waals surface area contributed by atoms with Crippen LogP contribution < -0.4 is 5.32 Å². The number of carbonyl (C=O) groups excluding carboxylic acids is 2. The summed E-state index contributed by atoms with van der Waals surface area (Å²) in [6.07, 6.45) is -2.82. The standard InChI is InChI=1S/C55H91FN6O13/c1-15-43-55(10,68)48(63)35(6)61(12)29-31(2)26-53(8,67)50(33(4)46(34(5)52(66)73-43)74-45-27-54(9,70-14)49(64)36(7)72-45)75-44-25-41(24-32(3)71-44)60(11)23-22-40-30-62(59-58-40)42(28-56)47(69-13)37-16-18-38(19-17-37)51(65)57-39-20-21-39/h16-19,30-36,39,41-50,63-64,67-68H,15,20-29H2,1-14H3,(H,57,65)/t31-,32-,33+,34-,35-,36+,41+,42-,43-,44+,45+,46+,47-,48-,49+,50-,53-,54-,55-/m1/s1. The van der Waals surface area contributed by atoms with Gasteiger partial charge in [0.2, 0.25) is 0 Å². The lowest BCUT2D eigenvalue weighted by atomic mass is 9.77. The Labute approximate surface area is 444 Å². The lowest BCUT2D eigenvalue weighted by Gasteiger charge is -2.48. The molecule has 6 rings (SSSR count). The Morgan fingerprint density at radius 3 is 2.27 bits per heavy atom. The zero-order valence-corrected chi connectivity index (χ0v) is 47.1. The van der Waals surface area contributed by atoms with Crippen molar-refractivity contribution in [1.29, 1.82) is 0 Å². The number of methoxy groups -OCH3 is 2. The quantitative estimate of drug-likeness (QED) is 0.132. The van der Waals surface area contributed by atoms with Crippen molar-refractivity contribution in [3.05, 3.63) is 47.3 Å². The molecule has 4 fully saturated rings. The molecule has 4 heterocycles. The van der Waals surface area contributed by atoms with Gasteiger partial charge < -0.3 is 68.7 Å². The van der Waals surface area contributed by atoms with Gasteiger partial charge in [0.1, 0.15) is 42.7 Å². The van der Waals surface area contributed by atoms with Crippen LogP contribution in [0.1, 0.15) is 148 Å². The first-order chi connectivity index (χ1) is 35.3. The number of likely N-dealkylation sites (N-methyl/N-ethyl adjacent to an activating group) is 2. The molecule has 20 heteroatoms. The van der Waals surface area contributed by atoms with Crippen LogP contribution in [0, 0.1) is 17.8 Å². The number of alkyl halides is 1. The van der Waals surface area contributed by atoms with Gasteiger partial charge in [0.15, 0.2) is 12.6 Å². The summed E-state index contributed by atoms with van der Waals surface area (Å²) in [4.78, 5) is 31.3. The molecule has 426 valence electrons. The number of aliphatic hydroxyl groups excluding tert-OH is 2. The molecule has 1 aromatic carbocycles. The first kappa shape index (κ1) is 61.0. The van der Waals surface area contributed by atoms with Gasteiger partial charge in [0.25, 0.3) is 5.91 Å². The summed E-state index contributed by atoms with van der Waals surface area (Å²) in [6, 6.07) is 5.85. The Hall–Kier alpha value is -3.25. The van der Waals surface area contributed by atoms with Gasteiger partial charge in [-0.2, -0.15) is 0 Å². The molecule has 19 nitrogen and oxygen atoms in total. The fraction of sp³-hybridized carbons (Fsp3) is 0.818. The van der Waals surface area contributed by atoms with E-state index in [0.29, 0.717) is 49.2 Å². The second-order valence-electron chi connectivity index (χ2n) is 23.3. The van der Waals surface area contributed by atoms with Gasteiger partial charge in [-0.15, -0.1) is 5.10 Å². The van der Waals surface area contributed by atoms with E-state index in [1.807, 2.05) is 46.7 Å². The molecular formula is C55H91FN6O13.